The maximum atomic E-state index is 6.39. The Morgan fingerprint density at radius 3 is 1.59 bits per heavy atom. The average Bonchev–Trinajstić information content (AvgIpc) is 3.47. The summed E-state index contributed by atoms with van der Waals surface area (Å²) < 4.78 is 19.0. The molecule has 0 amide bonds. The number of para-hydroxylation sites is 1. The lowest BCUT2D eigenvalue weighted by Crippen LogP contribution is -2.74. The number of fused-ring (bicyclic) bond motifs is 3. The van der Waals surface area contributed by atoms with Gasteiger partial charge < -0.3 is 13.7 Å². The molecule has 1 aliphatic heterocycles. The van der Waals surface area contributed by atoms with Gasteiger partial charge in [-0.15, -0.1) is 0 Å². The Bertz CT molecular complexity index is 1790. The second kappa shape index (κ2) is 9.59. The minimum atomic E-state index is -2.72. The maximum Gasteiger partial charge on any atom is 0.494 e. The molecule has 1 aromatic heterocycles. The lowest BCUT2D eigenvalue weighted by molar-refractivity contribution is 0.00578. The standard InChI is InChI=1S/C36H33BO3Si/c1-35(2)36(3,4)40-37(39-35)26-19-21-29(22-20-26)41(27-13-7-5-8-14-27,28-15-9-6-10-16-28)30-23-24-34-32(25-30)31-17-11-12-18-33(31)38-34/h5-25H,1-4H3. The van der Waals surface area contributed by atoms with Gasteiger partial charge in [-0.2, -0.15) is 0 Å². The number of hydrogen-bond donors (Lipinski definition) is 0. The van der Waals surface area contributed by atoms with E-state index in [1.165, 1.54) is 20.7 Å². The first-order chi connectivity index (χ1) is 19.8. The lowest BCUT2D eigenvalue weighted by Gasteiger charge is -2.34. The van der Waals surface area contributed by atoms with Crippen LogP contribution in [0.1, 0.15) is 27.7 Å². The lowest BCUT2D eigenvalue weighted by atomic mass is 9.79. The van der Waals surface area contributed by atoms with E-state index in [1.54, 1.807) is 0 Å². The number of benzene rings is 5. The summed E-state index contributed by atoms with van der Waals surface area (Å²) in [4.78, 5) is 0. The van der Waals surface area contributed by atoms with Gasteiger partial charge in [0.1, 0.15) is 11.2 Å². The van der Waals surface area contributed by atoms with Gasteiger partial charge in [0, 0.05) is 10.8 Å². The molecule has 6 aromatic rings. The van der Waals surface area contributed by atoms with Gasteiger partial charge in [-0.05, 0) is 66.0 Å². The van der Waals surface area contributed by atoms with Crippen LogP contribution in [0, 0.1) is 0 Å². The van der Waals surface area contributed by atoms with Crippen LogP contribution in [-0.2, 0) is 9.31 Å². The van der Waals surface area contributed by atoms with Crippen molar-refractivity contribution in [3.63, 3.8) is 0 Å². The molecule has 1 saturated heterocycles. The average molecular weight is 553 g/mol. The Balaban J connectivity index is 1.46. The Morgan fingerprint density at radius 2 is 0.976 bits per heavy atom. The summed E-state index contributed by atoms with van der Waals surface area (Å²) in [5.41, 5.74) is 2.10. The normalized spacial score (nSPS) is 16.4. The first kappa shape index (κ1) is 26.0. The Morgan fingerprint density at radius 1 is 0.488 bits per heavy atom. The van der Waals surface area contributed by atoms with E-state index in [4.69, 9.17) is 13.7 Å². The van der Waals surface area contributed by atoms with E-state index in [9.17, 15) is 0 Å². The predicted molar refractivity (Wildman–Crippen MR) is 173 cm³/mol. The quantitative estimate of drug-likeness (QED) is 0.216. The predicted octanol–water partition coefficient (Wildman–Crippen LogP) is 5.26. The molecule has 7 rings (SSSR count). The maximum absolute atomic E-state index is 6.39. The summed E-state index contributed by atoms with van der Waals surface area (Å²) in [6.45, 7) is 8.39. The van der Waals surface area contributed by atoms with Gasteiger partial charge in [0.05, 0.1) is 11.2 Å². The molecule has 0 saturated carbocycles. The van der Waals surface area contributed by atoms with Crippen LogP contribution < -0.4 is 26.2 Å². The van der Waals surface area contributed by atoms with Gasteiger partial charge >= 0.3 is 7.12 Å². The third-order valence-electron chi connectivity index (χ3n) is 9.09. The van der Waals surface area contributed by atoms with Crippen LogP contribution in [0.15, 0.2) is 132 Å². The minimum absolute atomic E-state index is 0.383. The number of hydrogen-bond acceptors (Lipinski definition) is 3. The highest BCUT2D eigenvalue weighted by Gasteiger charge is 2.52. The van der Waals surface area contributed by atoms with Crippen LogP contribution in [0.5, 0.6) is 0 Å². The summed E-state index contributed by atoms with van der Waals surface area (Å²) in [7, 11) is -3.12. The number of furan rings is 1. The van der Waals surface area contributed by atoms with Crippen LogP contribution in [0.25, 0.3) is 21.9 Å². The van der Waals surface area contributed by atoms with Crippen molar-refractivity contribution in [1.82, 2.24) is 0 Å². The molecule has 1 aliphatic rings. The number of rotatable bonds is 5. The molecule has 202 valence electrons. The highest BCUT2D eigenvalue weighted by atomic mass is 28.3. The van der Waals surface area contributed by atoms with Gasteiger partial charge in [0.2, 0.25) is 0 Å². The van der Waals surface area contributed by atoms with Crippen molar-refractivity contribution in [3.8, 4) is 0 Å². The van der Waals surface area contributed by atoms with Gasteiger partial charge in [-0.3, -0.25) is 0 Å². The summed E-state index contributed by atoms with van der Waals surface area (Å²) in [5, 5.41) is 7.59. The smallest absolute Gasteiger partial charge is 0.456 e. The third-order valence-corrected chi connectivity index (χ3v) is 13.9. The topological polar surface area (TPSA) is 31.6 Å². The van der Waals surface area contributed by atoms with Gasteiger partial charge in [-0.1, -0.05) is 115 Å². The molecule has 0 aliphatic carbocycles. The second-order valence-corrected chi connectivity index (χ2v) is 15.8. The molecule has 2 heterocycles. The first-order valence-electron chi connectivity index (χ1n) is 14.3. The highest BCUT2D eigenvalue weighted by molar-refractivity contribution is 7.20. The van der Waals surface area contributed by atoms with Crippen LogP contribution >= 0.6 is 0 Å². The summed E-state index contributed by atoms with van der Waals surface area (Å²) in [6, 6.07) is 46.1. The summed E-state index contributed by atoms with van der Waals surface area (Å²) >= 11 is 0. The van der Waals surface area contributed by atoms with Crippen LogP contribution in [-0.4, -0.2) is 26.4 Å². The molecule has 0 unspecified atom stereocenters. The van der Waals surface area contributed by atoms with Gasteiger partial charge in [-0.25, -0.2) is 0 Å². The van der Waals surface area contributed by atoms with Crippen LogP contribution in [0.3, 0.4) is 0 Å². The SMILES string of the molecule is CC1(C)OB(c2ccc([Si](c3ccccc3)(c3ccccc3)c3ccc4oc5ccccc5c4c3)cc2)OC1(C)C. The monoisotopic (exact) mass is 552 g/mol. The summed E-state index contributed by atoms with van der Waals surface area (Å²) in [5.74, 6) is 0. The molecular weight excluding hydrogens is 519 g/mol. The van der Waals surface area contributed by atoms with Crippen molar-refractivity contribution in [1.29, 1.82) is 0 Å². The van der Waals surface area contributed by atoms with E-state index in [-0.39, 0.29) is 11.2 Å². The zero-order valence-electron chi connectivity index (χ0n) is 23.9. The van der Waals surface area contributed by atoms with Gasteiger partial charge in [0.25, 0.3) is 0 Å². The van der Waals surface area contributed by atoms with E-state index in [0.717, 1.165) is 27.4 Å². The van der Waals surface area contributed by atoms with E-state index < -0.39 is 15.2 Å². The fraction of sp³-hybridized carbons (Fsp3) is 0.167. The molecule has 5 aromatic carbocycles. The van der Waals surface area contributed by atoms with E-state index in [2.05, 4.69) is 143 Å². The molecule has 3 nitrogen and oxygen atoms in total. The fourth-order valence-electron chi connectivity index (χ4n) is 6.21. The molecule has 0 N–H and O–H groups in total. The van der Waals surface area contributed by atoms with Crippen molar-refractivity contribution < 1.29 is 13.7 Å². The molecule has 0 spiro atoms. The van der Waals surface area contributed by atoms with Crippen LogP contribution in [0.4, 0.5) is 0 Å². The van der Waals surface area contributed by atoms with Crippen molar-refractivity contribution in [2.24, 2.45) is 0 Å². The molecule has 1 fully saturated rings. The molecule has 5 heteroatoms. The molecular formula is C36H33BO3Si. The Labute approximate surface area is 242 Å². The molecule has 41 heavy (non-hydrogen) atoms. The summed E-state index contributed by atoms with van der Waals surface area (Å²) in [6.07, 6.45) is 0. The second-order valence-electron chi connectivity index (χ2n) is 12.0. The fourth-order valence-corrected chi connectivity index (χ4v) is 11.0. The zero-order chi connectivity index (χ0) is 28.2. The molecule has 0 bridgehead atoms. The first-order valence-corrected chi connectivity index (χ1v) is 16.3. The third kappa shape index (κ3) is 4.11. The van der Waals surface area contributed by atoms with Crippen molar-refractivity contribution in [2.75, 3.05) is 0 Å². The Kier molecular flexibility index (Phi) is 6.09. The van der Waals surface area contributed by atoms with E-state index in [0.29, 0.717) is 0 Å². The van der Waals surface area contributed by atoms with E-state index in [1.807, 2.05) is 12.1 Å². The molecule has 0 atom stereocenters. The van der Waals surface area contributed by atoms with Crippen molar-refractivity contribution in [2.45, 2.75) is 38.9 Å². The zero-order valence-corrected chi connectivity index (χ0v) is 24.9. The minimum Gasteiger partial charge on any atom is -0.456 e. The largest absolute Gasteiger partial charge is 0.494 e. The van der Waals surface area contributed by atoms with Crippen molar-refractivity contribution in [3.05, 3.63) is 127 Å². The highest BCUT2D eigenvalue weighted by Crippen LogP contribution is 2.36. The Hall–Kier alpha value is -3.90. The van der Waals surface area contributed by atoms with E-state index >= 15 is 0 Å². The van der Waals surface area contributed by atoms with Crippen molar-refractivity contribution >= 4 is 63.3 Å². The van der Waals surface area contributed by atoms with Gasteiger partial charge in [0.15, 0.2) is 8.07 Å². The van der Waals surface area contributed by atoms with Crippen LogP contribution in [0.2, 0.25) is 0 Å². The molecule has 0 radical (unpaired) electrons.